The van der Waals surface area contributed by atoms with Crippen LogP contribution < -0.4 is 15.0 Å². The number of aromatic nitrogens is 1. The van der Waals surface area contributed by atoms with E-state index in [0.717, 1.165) is 11.1 Å². The van der Waals surface area contributed by atoms with Crippen LogP contribution in [0.25, 0.3) is 0 Å². The molecule has 0 bridgehead atoms. The molecule has 0 saturated carbocycles. The van der Waals surface area contributed by atoms with Crippen LogP contribution in [-0.4, -0.2) is 28.9 Å². The number of hydrogen-bond donors (Lipinski definition) is 1. The molecule has 1 atom stereocenters. The second kappa shape index (κ2) is 6.20. The Labute approximate surface area is 146 Å². The van der Waals surface area contributed by atoms with Gasteiger partial charge in [-0.05, 0) is 63.1 Å². The summed E-state index contributed by atoms with van der Waals surface area (Å²) in [6, 6.07) is 9.15. The molecule has 1 aliphatic rings. The third-order valence-electron chi connectivity index (χ3n) is 4.20. The van der Waals surface area contributed by atoms with Gasteiger partial charge in [0.2, 0.25) is 0 Å². The van der Waals surface area contributed by atoms with Gasteiger partial charge in [0, 0.05) is 18.4 Å². The number of fused-ring (bicyclic) bond motifs is 1. The van der Waals surface area contributed by atoms with E-state index in [-0.39, 0.29) is 0 Å². The number of carbonyl (C=O) groups excluding carboxylic acids is 2. The molecule has 0 radical (unpaired) electrons. The maximum absolute atomic E-state index is 12.9. The van der Waals surface area contributed by atoms with Crippen LogP contribution in [0.1, 0.15) is 25.0 Å². The molecule has 6 heteroatoms. The van der Waals surface area contributed by atoms with E-state index in [0.29, 0.717) is 23.8 Å². The van der Waals surface area contributed by atoms with Gasteiger partial charge in [0.15, 0.2) is 11.6 Å². The maximum Gasteiger partial charge on any atom is 0.282 e. The van der Waals surface area contributed by atoms with Crippen molar-refractivity contribution in [3.8, 4) is 5.75 Å². The molecule has 0 aliphatic carbocycles. The quantitative estimate of drug-likeness (QED) is 0.873. The van der Waals surface area contributed by atoms with Crippen molar-refractivity contribution in [3.63, 3.8) is 0 Å². The molecule has 130 valence electrons. The monoisotopic (exact) mass is 339 g/mol. The normalized spacial score (nSPS) is 19.2. The van der Waals surface area contributed by atoms with Gasteiger partial charge >= 0.3 is 0 Å². The van der Waals surface area contributed by atoms with E-state index >= 15 is 0 Å². The molecule has 6 nitrogen and oxygen atoms in total. The second-order valence-electron chi connectivity index (χ2n) is 6.34. The number of benzene rings is 1. The lowest BCUT2D eigenvalue weighted by Gasteiger charge is -2.38. The van der Waals surface area contributed by atoms with Crippen LogP contribution in [-0.2, 0) is 9.59 Å². The van der Waals surface area contributed by atoms with E-state index in [2.05, 4.69) is 10.3 Å². The summed E-state index contributed by atoms with van der Waals surface area (Å²) in [7, 11) is 0. The first-order valence-corrected chi connectivity index (χ1v) is 8.21. The first-order valence-electron chi connectivity index (χ1n) is 8.21. The summed E-state index contributed by atoms with van der Waals surface area (Å²) in [5.41, 5.74) is 1.05. The van der Waals surface area contributed by atoms with Crippen LogP contribution in [0.5, 0.6) is 5.75 Å². The minimum absolute atomic E-state index is 0.401. The van der Waals surface area contributed by atoms with Crippen LogP contribution in [0, 0.1) is 13.8 Å². The van der Waals surface area contributed by atoms with Gasteiger partial charge in [-0.2, -0.15) is 0 Å². The number of nitrogens with one attached hydrogen (secondary N) is 1. The van der Waals surface area contributed by atoms with E-state index in [1.54, 1.807) is 18.3 Å². The fourth-order valence-electron chi connectivity index (χ4n) is 3.02. The third kappa shape index (κ3) is 2.95. The first-order chi connectivity index (χ1) is 11.8. The van der Waals surface area contributed by atoms with Crippen molar-refractivity contribution in [2.45, 2.75) is 33.3 Å². The number of likely N-dealkylation sites (N-methyl/N-ethyl adjacent to an activating group) is 1. The van der Waals surface area contributed by atoms with Crippen molar-refractivity contribution < 1.29 is 14.3 Å². The number of pyridine rings is 1. The van der Waals surface area contributed by atoms with E-state index in [9.17, 15) is 9.59 Å². The largest absolute Gasteiger partial charge is 0.464 e. The lowest BCUT2D eigenvalue weighted by atomic mass is 10.0. The van der Waals surface area contributed by atoms with Crippen molar-refractivity contribution in [3.05, 3.63) is 47.7 Å². The topological polar surface area (TPSA) is 71.5 Å². The number of rotatable bonds is 3. The molecular weight excluding hydrogens is 318 g/mol. The standard InChI is InChI=1S/C19H21N3O3/c1-5-22-16-15(7-6-8-20-16)25-19(4,18(22)24)17(23)21-14-10-12(2)9-13(3)11-14/h6-11H,5H2,1-4H3,(H,21,23)/t19-/m0/s1. The zero-order valence-corrected chi connectivity index (χ0v) is 14.8. The predicted molar refractivity (Wildman–Crippen MR) is 95.8 cm³/mol. The minimum atomic E-state index is -1.65. The Morgan fingerprint density at radius 1 is 1.28 bits per heavy atom. The van der Waals surface area contributed by atoms with Gasteiger partial charge < -0.3 is 10.1 Å². The van der Waals surface area contributed by atoms with Gasteiger partial charge in [-0.15, -0.1) is 0 Å². The minimum Gasteiger partial charge on any atom is -0.464 e. The number of carbonyl (C=O) groups is 2. The lowest BCUT2D eigenvalue weighted by Crippen LogP contribution is -2.60. The summed E-state index contributed by atoms with van der Waals surface area (Å²) in [6.07, 6.45) is 1.59. The first kappa shape index (κ1) is 17.0. The van der Waals surface area contributed by atoms with E-state index < -0.39 is 17.4 Å². The van der Waals surface area contributed by atoms with Gasteiger partial charge in [0.1, 0.15) is 0 Å². The molecule has 0 spiro atoms. The molecule has 2 heterocycles. The number of hydrogen-bond acceptors (Lipinski definition) is 4. The average molecular weight is 339 g/mol. The molecule has 1 N–H and O–H groups in total. The third-order valence-corrected chi connectivity index (χ3v) is 4.20. The molecule has 2 aromatic rings. The Bertz CT molecular complexity index is 829. The SMILES string of the molecule is CCN1C(=O)[C@](C)(C(=O)Nc2cc(C)cc(C)c2)Oc2cccnc21. The number of amides is 2. The number of anilines is 2. The number of nitrogens with zero attached hydrogens (tertiary/aromatic N) is 2. The molecule has 1 aromatic heterocycles. The summed E-state index contributed by atoms with van der Waals surface area (Å²) >= 11 is 0. The molecule has 1 aliphatic heterocycles. The summed E-state index contributed by atoms with van der Waals surface area (Å²) in [5.74, 6) is -0.0766. The Morgan fingerprint density at radius 2 is 1.96 bits per heavy atom. The van der Waals surface area contributed by atoms with Gasteiger partial charge in [0.05, 0.1) is 0 Å². The maximum atomic E-state index is 12.9. The number of ether oxygens (including phenoxy) is 1. The summed E-state index contributed by atoms with van der Waals surface area (Å²) in [5, 5.41) is 2.81. The Hall–Kier alpha value is -2.89. The molecule has 0 fully saturated rings. The molecular formula is C19H21N3O3. The zero-order valence-electron chi connectivity index (χ0n) is 14.8. The molecule has 3 rings (SSSR count). The van der Waals surface area contributed by atoms with Gasteiger partial charge in [-0.25, -0.2) is 4.98 Å². The Morgan fingerprint density at radius 3 is 2.60 bits per heavy atom. The highest BCUT2D eigenvalue weighted by molar-refractivity contribution is 6.19. The van der Waals surface area contributed by atoms with Crippen molar-refractivity contribution in [1.29, 1.82) is 0 Å². The van der Waals surface area contributed by atoms with Crippen LogP contribution in [0.3, 0.4) is 0 Å². The molecule has 25 heavy (non-hydrogen) atoms. The van der Waals surface area contributed by atoms with E-state index in [1.807, 2.05) is 39.0 Å². The van der Waals surface area contributed by atoms with Crippen molar-refractivity contribution in [2.24, 2.45) is 0 Å². The fraction of sp³-hybridized carbons (Fsp3) is 0.316. The highest BCUT2D eigenvalue weighted by Gasteiger charge is 2.50. The van der Waals surface area contributed by atoms with Crippen LogP contribution in [0.15, 0.2) is 36.5 Å². The second-order valence-corrected chi connectivity index (χ2v) is 6.34. The van der Waals surface area contributed by atoms with Crippen LogP contribution in [0.4, 0.5) is 11.5 Å². The highest BCUT2D eigenvalue weighted by Crippen LogP contribution is 2.36. The van der Waals surface area contributed by atoms with E-state index in [4.69, 9.17) is 4.74 Å². The van der Waals surface area contributed by atoms with Crippen molar-refractivity contribution >= 4 is 23.3 Å². The molecule has 0 saturated heterocycles. The zero-order chi connectivity index (χ0) is 18.2. The lowest BCUT2D eigenvalue weighted by molar-refractivity contribution is -0.145. The summed E-state index contributed by atoms with van der Waals surface area (Å²) in [6.45, 7) is 7.63. The molecule has 0 unspecified atom stereocenters. The molecule has 2 amide bonds. The fourth-order valence-corrected chi connectivity index (χ4v) is 3.02. The van der Waals surface area contributed by atoms with Crippen molar-refractivity contribution in [1.82, 2.24) is 4.98 Å². The average Bonchev–Trinajstić information content (AvgIpc) is 2.55. The Balaban J connectivity index is 1.95. The predicted octanol–water partition coefficient (Wildman–Crippen LogP) is 2.84. The van der Waals surface area contributed by atoms with Crippen LogP contribution >= 0.6 is 0 Å². The highest BCUT2D eigenvalue weighted by atomic mass is 16.5. The number of aryl methyl sites for hydroxylation is 2. The summed E-state index contributed by atoms with van der Waals surface area (Å²) in [4.78, 5) is 31.5. The smallest absolute Gasteiger partial charge is 0.282 e. The molecule has 1 aromatic carbocycles. The van der Waals surface area contributed by atoms with E-state index in [1.165, 1.54) is 11.8 Å². The van der Waals surface area contributed by atoms with Gasteiger partial charge in [-0.1, -0.05) is 6.07 Å². The van der Waals surface area contributed by atoms with Gasteiger partial charge in [-0.3, -0.25) is 14.5 Å². The summed E-state index contributed by atoms with van der Waals surface area (Å²) < 4.78 is 5.79. The van der Waals surface area contributed by atoms with Crippen LogP contribution in [0.2, 0.25) is 0 Å². The Kier molecular flexibility index (Phi) is 4.20. The van der Waals surface area contributed by atoms with Crippen molar-refractivity contribution in [2.75, 3.05) is 16.8 Å². The van der Waals surface area contributed by atoms with Gasteiger partial charge in [0.25, 0.3) is 17.4 Å².